The quantitative estimate of drug-likeness (QED) is 0.387. The number of anilines is 2. The molecule has 0 saturated carbocycles. The first-order valence-corrected chi connectivity index (χ1v) is 10.9. The van der Waals surface area contributed by atoms with Crippen molar-refractivity contribution >= 4 is 23.2 Å². The molecule has 0 N–H and O–H groups in total. The van der Waals surface area contributed by atoms with Crippen molar-refractivity contribution in [2.45, 2.75) is 26.7 Å². The number of benzene rings is 2. The first-order valence-electron chi connectivity index (χ1n) is 7.69. The molecule has 0 unspecified atom stereocenters. The zero-order valence-electron chi connectivity index (χ0n) is 14.2. The van der Waals surface area contributed by atoms with Crippen molar-refractivity contribution in [1.82, 2.24) is 0 Å². The molecule has 0 heterocycles. The van der Waals surface area contributed by atoms with Crippen molar-refractivity contribution < 1.29 is 57.9 Å². The van der Waals surface area contributed by atoms with Crippen LogP contribution in [0, 0.1) is 0 Å². The second kappa shape index (κ2) is 12.2. The van der Waals surface area contributed by atoms with Crippen molar-refractivity contribution in [3.05, 3.63) is 60.7 Å². The molecule has 25 heavy (non-hydrogen) atoms. The van der Waals surface area contributed by atoms with Crippen molar-refractivity contribution in [2.75, 3.05) is 5.78 Å². The van der Waals surface area contributed by atoms with E-state index in [4.69, 9.17) is 0 Å². The minimum atomic E-state index is -1.92. The van der Waals surface area contributed by atoms with Gasteiger partial charge in [-0.2, -0.15) is 0 Å². The summed E-state index contributed by atoms with van der Waals surface area (Å²) in [4.78, 5) is 24.9. The van der Waals surface area contributed by atoms with Gasteiger partial charge in [0.05, 0.1) is 0 Å². The Balaban J connectivity index is 0.00000288. The fourth-order valence-electron chi connectivity index (χ4n) is 2.09. The molecule has 0 fully saturated rings. The SMILES string of the molecule is CCC(=O)[N]([Hf+2][N](C(=O)CC)c1ccccc1)c1ccccc1.[Cl-].[Cl-]. The fraction of sp³-hybridized carbons (Fsp3) is 0.222. The van der Waals surface area contributed by atoms with Crippen LogP contribution in [0.25, 0.3) is 0 Å². The van der Waals surface area contributed by atoms with Crippen molar-refractivity contribution in [1.29, 1.82) is 0 Å². The molecule has 2 aromatic carbocycles. The summed E-state index contributed by atoms with van der Waals surface area (Å²) >= 11 is -1.92. The van der Waals surface area contributed by atoms with E-state index in [0.29, 0.717) is 12.8 Å². The molecule has 2 amide bonds. The van der Waals surface area contributed by atoms with E-state index < -0.39 is 23.5 Å². The molecule has 132 valence electrons. The third-order valence-electron chi connectivity index (χ3n) is 3.33. The number of rotatable bonds is 6. The van der Waals surface area contributed by atoms with Gasteiger partial charge in [0.25, 0.3) is 0 Å². The van der Waals surface area contributed by atoms with Crippen LogP contribution in [0.3, 0.4) is 0 Å². The number of carbonyl (C=O) groups excluding carboxylic acids is 2. The molecule has 0 bridgehead atoms. The second-order valence-electron chi connectivity index (χ2n) is 4.94. The van der Waals surface area contributed by atoms with E-state index in [1.807, 2.05) is 80.3 Å². The summed E-state index contributed by atoms with van der Waals surface area (Å²) in [6.07, 6.45) is 0.871. The largest absolute Gasteiger partial charge is 1.00 e. The molecule has 7 heteroatoms. The maximum Gasteiger partial charge on any atom is -1.00 e. The predicted molar refractivity (Wildman–Crippen MR) is 88.4 cm³/mol. The molecule has 0 aromatic heterocycles. The maximum absolute atomic E-state index is 12.4. The van der Waals surface area contributed by atoms with Crippen LogP contribution in [-0.2, 0) is 33.1 Å². The van der Waals surface area contributed by atoms with E-state index >= 15 is 0 Å². The molecule has 0 aliphatic rings. The Morgan fingerprint density at radius 2 is 1.04 bits per heavy atom. The van der Waals surface area contributed by atoms with E-state index in [2.05, 4.69) is 0 Å². The maximum atomic E-state index is 12.4. The zero-order chi connectivity index (χ0) is 16.7. The molecule has 0 aliphatic heterocycles. The van der Waals surface area contributed by atoms with Crippen molar-refractivity contribution in [3.8, 4) is 0 Å². The standard InChI is InChI=1S/2C9H11NO.2ClH.Hf/c2*1-2-9(11)10-8-6-4-3-5-7-8;;;/h2*3-7H,2H2,1H3,(H,10,11);2*1H;/q;;;;+4/p-4. The Morgan fingerprint density at radius 3 is 1.32 bits per heavy atom. The summed E-state index contributed by atoms with van der Waals surface area (Å²) in [5.74, 6) is 0.147. The van der Waals surface area contributed by atoms with Crippen LogP contribution in [0.1, 0.15) is 26.7 Å². The van der Waals surface area contributed by atoms with Crippen molar-refractivity contribution in [2.24, 2.45) is 0 Å². The van der Waals surface area contributed by atoms with E-state index in [0.717, 1.165) is 11.4 Å². The average Bonchev–Trinajstić information content (AvgIpc) is 2.63. The number of para-hydroxylation sites is 2. The van der Waals surface area contributed by atoms with Crippen LogP contribution >= 0.6 is 0 Å². The summed E-state index contributed by atoms with van der Waals surface area (Å²) in [5.41, 5.74) is 1.76. The minimum Gasteiger partial charge on any atom is -1.00 e. The average molecular weight is 546 g/mol. The minimum absolute atomic E-state index is 0. The normalized spacial score (nSPS) is 9.04. The molecule has 0 atom stereocenters. The Labute approximate surface area is 173 Å². The Bertz CT molecular complexity index is 599. The molecular weight excluding hydrogens is 526 g/mol. The number of amides is 2. The first kappa shape index (κ1) is 23.8. The van der Waals surface area contributed by atoms with Crippen LogP contribution < -0.4 is 30.6 Å². The van der Waals surface area contributed by atoms with Gasteiger partial charge in [0.2, 0.25) is 0 Å². The van der Waals surface area contributed by atoms with Gasteiger partial charge in [0, 0.05) is 0 Å². The molecule has 0 spiro atoms. The smallest absolute Gasteiger partial charge is 1.00 e. The molecule has 2 rings (SSSR count). The van der Waals surface area contributed by atoms with Crippen LogP contribution in [0.5, 0.6) is 0 Å². The number of halogens is 2. The number of hydrogen-bond acceptors (Lipinski definition) is 2. The molecular formula is C18H20Cl2HfN2O2. The Hall–Kier alpha value is -1.17. The number of hydrogen-bond donors (Lipinski definition) is 0. The van der Waals surface area contributed by atoms with Crippen LogP contribution in [-0.4, -0.2) is 11.8 Å². The summed E-state index contributed by atoms with van der Waals surface area (Å²) < 4.78 is 3.70. The van der Waals surface area contributed by atoms with Gasteiger partial charge in [-0.15, -0.1) is 0 Å². The first-order chi connectivity index (χ1) is 11.2. The Morgan fingerprint density at radius 1 is 0.720 bits per heavy atom. The molecule has 0 radical (unpaired) electrons. The summed E-state index contributed by atoms with van der Waals surface area (Å²) in [5, 5.41) is 0. The van der Waals surface area contributed by atoms with Crippen LogP contribution in [0.4, 0.5) is 11.4 Å². The molecule has 2 aromatic rings. The second-order valence-corrected chi connectivity index (χ2v) is 8.87. The Kier molecular flexibility index (Phi) is 11.7. The summed E-state index contributed by atoms with van der Waals surface area (Å²) in [6, 6.07) is 19.3. The fourth-order valence-corrected chi connectivity index (χ4v) is 6.64. The zero-order valence-corrected chi connectivity index (χ0v) is 19.3. The van der Waals surface area contributed by atoms with Crippen molar-refractivity contribution in [3.63, 3.8) is 0 Å². The van der Waals surface area contributed by atoms with Gasteiger partial charge in [-0.1, -0.05) is 0 Å². The number of nitrogens with zero attached hydrogens (tertiary/aromatic N) is 2. The van der Waals surface area contributed by atoms with E-state index in [9.17, 15) is 9.59 Å². The van der Waals surface area contributed by atoms with Gasteiger partial charge in [-0.05, 0) is 0 Å². The van der Waals surface area contributed by atoms with E-state index in [-0.39, 0.29) is 36.6 Å². The number of carbonyl (C=O) groups is 2. The monoisotopic (exact) mass is 546 g/mol. The third kappa shape index (κ3) is 6.57. The van der Waals surface area contributed by atoms with Gasteiger partial charge >= 0.3 is 149 Å². The van der Waals surface area contributed by atoms with Crippen LogP contribution in [0.2, 0.25) is 0 Å². The summed E-state index contributed by atoms with van der Waals surface area (Å²) in [7, 11) is 0. The van der Waals surface area contributed by atoms with Gasteiger partial charge < -0.3 is 24.8 Å². The topological polar surface area (TPSA) is 40.6 Å². The van der Waals surface area contributed by atoms with Crippen LogP contribution in [0.15, 0.2) is 60.7 Å². The predicted octanol–water partition coefficient (Wildman–Crippen LogP) is -2.21. The van der Waals surface area contributed by atoms with E-state index in [1.54, 1.807) is 0 Å². The van der Waals surface area contributed by atoms with Gasteiger partial charge in [0.15, 0.2) is 0 Å². The summed E-state index contributed by atoms with van der Waals surface area (Å²) in [6.45, 7) is 3.71. The van der Waals surface area contributed by atoms with Gasteiger partial charge in [-0.25, -0.2) is 0 Å². The van der Waals surface area contributed by atoms with Gasteiger partial charge in [0.1, 0.15) is 0 Å². The third-order valence-corrected chi connectivity index (χ3v) is 8.42. The molecule has 0 aliphatic carbocycles. The molecule has 0 saturated heterocycles. The van der Waals surface area contributed by atoms with Gasteiger partial charge in [-0.3, -0.25) is 0 Å². The van der Waals surface area contributed by atoms with E-state index in [1.165, 1.54) is 0 Å². The molecule has 4 nitrogen and oxygen atoms in total.